The number of hydrogen-bond acceptors (Lipinski definition) is 2. The highest BCUT2D eigenvalue weighted by atomic mass is 14.8. The van der Waals surface area contributed by atoms with Gasteiger partial charge in [0.2, 0.25) is 0 Å². The molecule has 62 valence electrons. The fraction of sp³-hybridized carbons (Fsp3) is 0.889. The van der Waals surface area contributed by atoms with Gasteiger partial charge in [0.1, 0.15) is 0 Å². The quantitative estimate of drug-likeness (QED) is 0.545. The lowest BCUT2D eigenvalue weighted by Gasteiger charge is -2.36. The Morgan fingerprint density at radius 2 is 2.09 bits per heavy atom. The Labute approximate surface area is 67.7 Å². The van der Waals surface area contributed by atoms with Crippen molar-refractivity contribution in [1.82, 2.24) is 0 Å². The van der Waals surface area contributed by atoms with Gasteiger partial charge in [-0.15, -0.1) is 0 Å². The molecule has 2 rings (SSSR count). The third kappa shape index (κ3) is 1.00. The summed E-state index contributed by atoms with van der Waals surface area (Å²) in [5.41, 5.74) is 7.18. The molecule has 0 heterocycles. The van der Waals surface area contributed by atoms with Crippen LogP contribution < -0.4 is 5.73 Å². The van der Waals surface area contributed by atoms with Gasteiger partial charge in [0.25, 0.3) is 0 Å². The average molecular weight is 152 g/mol. The van der Waals surface area contributed by atoms with Gasteiger partial charge in [-0.05, 0) is 32.1 Å². The van der Waals surface area contributed by atoms with E-state index in [1.165, 1.54) is 12.8 Å². The SMILES string of the molecule is N=C1CCCC2(N)CCCC12. The van der Waals surface area contributed by atoms with Crippen LogP contribution >= 0.6 is 0 Å². The maximum absolute atomic E-state index is 7.76. The van der Waals surface area contributed by atoms with Crippen molar-refractivity contribution in [2.24, 2.45) is 11.7 Å². The summed E-state index contributed by atoms with van der Waals surface area (Å²) in [4.78, 5) is 0. The van der Waals surface area contributed by atoms with E-state index >= 15 is 0 Å². The minimum Gasteiger partial charge on any atom is -0.325 e. The molecule has 0 aromatic carbocycles. The van der Waals surface area contributed by atoms with E-state index in [-0.39, 0.29) is 5.54 Å². The zero-order valence-electron chi connectivity index (χ0n) is 6.90. The van der Waals surface area contributed by atoms with E-state index in [1.807, 2.05) is 0 Å². The molecule has 0 spiro atoms. The van der Waals surface area contributed by atoms with Crippen LogP contribution in [-0.4, -0.2) is 11.3 Å². The van der Waals surface area contributed by atoms with Gasteiger partial charge in [-0.2, -0.15) is 0 Å². The van der Waals surface area contributed by atoms with Crippen LogP contribution in [0, 0.1) is 11.3 Å². The summed E-state index contributed by atoms with van der Waals surface area (Å²) in [6, 6.07) is 0. The van der Waals surface area contributed by atoms with Gasteiger partial charge in [-0.1, -0.05) is 6.42 Å². The highest BCUT2D eigenvalue weighted by Gasteiger charge is 2.43. The molecule has 2 nitrogen and oxygen atoms in total. The summed E-state index contributed by atoms with van der Waals surface area (Å²) in [6.07, 6.45) is 6.87. The largest absolute Gasteiger partial charge is 0.325 e. The molecule has 2 aliphatic rings. The topological polar surface area (TPSA) is 49.9 Å². The molecule has 2 heteroatoms. The lowest BCUT2D eigenvalue weighted by molar-refractivity contribution is 0.324. The Balaban J connectivity index is 2.22. The molecule has 11 heavy (non-hydrogen) atoms. The van der Waals surface area contributed by atoms with Crippen molar-refractivity contribution in [3.8, 4) is 0 Å². The van der Waals surface area contributed by atoms with Crippen molar-refractivity contribution < 1.29 is 0 Å². The van der Waals surface area contributed by atoms with Crippen molar-refractivity contribution in [2.75, 3.05) is 0 Å². The van der Waals surface area contributed by atoms with Crippen LogP contribution in [0.2, 0.25) is 0 Å². The Morgan fingerprint density at radius 3 is 2.82 bits per heavy atom. The van der Waals surface area contributed by atoms with Crippen molar-refractivity contribution >= 4 is 5.71 Å². The van der Waals surface area contributed by atoms with Crippen LogP contribution in [0.5, 0.6) is 0 Å². The normalized spacial score (nSPS) is 44.1. The van der Waals surface area contributed by atoms with Crippen LogP contribution in [0.4, 0.5) is 0 Å². The maximum atomic E-state index is 7.76. The molecule has 2 aliphatic carbocycles. The van der Waals surface area contributed by atoms with Crippen molar-refractivity contribution in [2.45, 2.75) is 44.1 Å². The predicted molar refractivity (Wildman–Crippen MR) is 45.8 cm³/mol. The molecular weight excluding hydrogens is 136 g/mol. The monoisotopic (exact) mass is 152 g/mol. The lowest BCUT2D eigenvalue weighted by Crippen LogP contribution is -2.49. The lowest BCUT2D eigenvalue weighted by atomic mass is 9.74. The Morgan fingerprint density at radius 1 is 1.36 bits per heavy atom. The molecule has 2 unspecified atom stereocenters. The summed E-state index contributed by atoms with van der Waals surface area (Å²) < 4.78 is 0. The fourth-order valence-electron chi connectivity index (χ4n) is 2.70. The van der Waals surface area contributed by atoms with Crippen LogP contribution in [0.1, 0.15) is 38.5 Å². The average Bonchev–Trinajstić information content (AvgIpc) is 2.31. The predicted octanol–water partition coefficient (Wildman–Crippen LogP) is 1.69. The Kier molecular flexibility index (Phi) is 1.53. The summed E-state index contributed by atoms with van der Waals surface area (Å²) in [7, 11) is 0. The van der Waals surface area contributed by atoms with Crippen molar-refractivity contribution in [3.63, 3.8) is 0 Å². The minimum absolute atomic E-state index is 0.0370. The van der Waals surface area contributed by atoms with Gasteiger partial charge >= 0.3 is 0 Å². The van der Waals surface area contributed by atoms with Crippen molar-refractivity contribution in [1.29, 1.82) is 5.41 Å². The standard InChI is InChI=1S/C9H16N2/c10-8-4-2-6-9(11)5-1-3-7(8)9/h7,10H,1-6,11H2. The zero-order valence-corrected chi connectivity index (χ0v) is 6.90. The number of rotatable bonds is 0. The number of nitrogens with two attached hydrogens (primary N) is 1. The van der Waals surface area contributed by atoms with Gasteiger partial charge < -0.3 is 11.1 Å². The molecule has 2 saturated carbocycles. The highest BCUT2D eigenvalue weighted by Crippen LogP contribution is 2.41. The first-order valence-electron chi connectivity index (χ1n) is 4.58. The van der Waals surface area contributed by atoms with Crippen LogP contribution in [0.15, 0.2) is 0 Å². The van der Waals surface area contributed by atoms with E-state index < -0.39 is 0 Å². The zero-order chi connectivity index (χ0) is 7.90. The van der Waals surface area contributed by atoms with Gasteiger partial charge in [0.15, 0.2) is 0 Å². The molecule has 0 aliphatic heterocycles. The van der Waals surface area contributed by atoms with Gasteiger partial charge in [-0.25, -0.2) is 0 Å². The summed E-state index contributed by atoms with van der Waals surface area (Å²) in [5, 5.41) is 7.76. The molecule has 0 amide bonds. The van der Waals surface area contributed by atoms with E-state index in [9.17, 15) is 0 Å². The summed E-state index contributed by atoms with van der Waals surface area (Å²) in [5.74, 6) is 0.441. The van der Waals surface area contributed by atoms with E-state index in [0.29, 0.717) is 5.92 Å². The van der Waals surface area contributed by atoms with E-state index in [0.717, 1.165) is 31.4 Å². The first-order valence-corrected chi connectivity index (χ1v) is 4.58. The van der Waals surface area contributed by atoms with Crippen molar-refractivity contribution in [3.05, 3.63) is 0 Å². The molecule has 2 fully saturated rings. The van der Waals surface area contributed by atoms with Gasteiger partial charge in [0, 0.05) is 17.2 Å². The first-order chi connectivity index (χ1) is 5.22. The molecule has 0 radical (unpaired) electrons. The molecule has 0 saturated heterocycles. The second kappa shape index (κ2) is 2.31. The number of nitrogens with one attached hydrogen (secondary N) is 1. The minimum atomic E-state index is 0.0370. The smallest absolute Gasteiger partial charge is 0.0235 e. The van der Waals surface area contributed by atoms with Gasteiger partial charge in [0.05, 0.1) is 0 Å². The highest BCUT2D eigenvalue weighted by molar-refractivity contribution is 5.86. The summed E-state index contributed by atoms with van der Waals surface area (Å²) >= 11 is 0. The number of hydrogen-bond donors (Lipinski definition) is 2. The maximum Gasteiger partial charge on any atom is 0.0235 e. The molecule has 0 aromatic heterocycles. The molecule has 0 aromatic rings. The van der Waals surface area contributed by atoms with Crippen LogP contribution in [-0.2, 0) is 0 Å². The van der Waals surface area contributed by atoms with Crippen LogP contribution in [0.3, 0.4) is 0 Å². The molecule has 3 N–H and O–H groups in total. The molecule has 2 atom stereocenters. The second-order valence-electron chi connectivity index (χ2n) is 4.06. The van der Waals surface area contributed by atoms with Crippen LogP contribution in [0.25, 0.3) is 0 Å². The van der Waals surface area contributed by atoms with E-state index in [4.69, 9.17) is 11.1 Å². The third-order valence-electron chi connectivity index (χ3n) is 3.34. The van der Waals surface area contributed by atoms with Gasteiger partial charge in [-0.3, -0.25) is 0 Å². The van der Waals surface area contributed by atoms with E-state index in [1.54, 1.807) is 0 Å². The fourth-order valence-corrected chi connectivity index (χ4v) is 2.70. The number of fused-ring (bicyclic) bond motifs is 1. The molecular formula is C9H16N2. The summed E-state index contributed by atoms with van der Waals surface area (Å²) in [6.45, 7) is 0. The molecule has 0 bridgehead atoms. The third-order valence-corrected chi connectivity index (χ3v) is 3.34. The Bertz CT molecular complexity index is 188. The first kappa shape index (κ1) is 7.29. The second-order valence-corrected chi connectivity index (χ2v) is 4.06. The van der Waals surface area contributed by atoms with E-state index in [2.05, 4.69) is 0 Å². The Hall–Kier alpha value is -0.370.